The van der Waals surface area contributed by atoms with Gasteiger partial charge < -0.3 is 10.4 Å². The van der Waals surface area contributed by atoms with Gasteiger partial charge in [0, 0.05) is 30.7 Å². The van der Waals surface area contributed by atoms with Gasteiger partial charge in [-0.1, -0.05) is 0 Å². The molecule has 0 aliphatic heterocycles. The van der Waals surface area contributed by atoms with E-state index in [0.717, 1.165) is 11.6 Å². The van der Waals surface area contributed by atoms with Crippen LogP contribution >= 0.6 is 0 Å². The van der Waals surface area contributed by atoms with E-state index in [-0.39, 0.29) is 6.04 Å². The third-order valence-electron chi connectivity index (χ3n) is 1.78. The molecule has 0 amide bonds. The summed E-state index contributed by atoms with van der Waals surface area (Å²) in [5, 5.41) is 11.3. The van der Waals surface area contributed by atoms with Crippen LogP contribution in [0.4, 0.5) is 0 Å². The number of pyridine rings is 1. The SMILES string of the molecule is C[C@@H](N/C=C/C(=O)O)c1ccncc1. The molecule has 1 atom stereocenters. The van der Waals surface area contributed by atoms with Crippen LogP contribution in [0.25, 0.3) is 0 Å². The van der Waals surface area contributed by atoms with Crippen molar-refractivity contribution in [3.05, 3.63) is 42.4 Å². The first-order valence-corrected chi connectivity index (χ1v) is 4.25. The van der Waals surface area contributed by atoms with Gasteiger partial charge in [-0.15, -0.1) is 0 Å². The maximum Gasteiger partial charge on any atom is 0.329 e. The summed E-state index contributed by atoms with van der Waals surface area (Å²) >= 11 is 0. The van der Waals surface area contributed by atoms with Crippen LogP contribution in [0.15, 0.2) is 36.8 Å². The summed E-state index contributed by atoms with van der Waals surface area (Å²) in [6, 6.07) is 3.84. The smallest absolute Gasteiger partial charge is 0.329 e. The predicted molar refractivity (Wildman–Crippen MR) is 52.6 cm³/mol. The van der Waals surface area contributed by atoms with Gasteiger partial charge in [0.05, 0.1) is 0 Å². The van der Waals surface area contributed by atoms with Crippen LogP contribution in [-0.2, 0) is 4.79 Å². The van der Waals surface area contributed by atoms with E-state index in [2.05, 4.69) is 10.3 Å². The fourth-order valence-corrected chi connectivity index (χ4v) is 1.01. The van der Waals surface area contributed by atoms with E-state index in [4.69, 9.17) is 5.11 Å². The molecule has 0 aliphatic rings. The molecule has 0 aromatic carbocycles. The van der Waals surface area contributed by atoms with Crippen LogP contribution in [0, 0.1) is 0 Å². The van der Waals surface area contributed by atoms with Crippen molar-refractivity contribution in [2.24, 2.45) is 0 Å². The van der Waals surface area contributed by atoms with E-state index >= 15 is 0 Å². The van der Waals surface area contributed by atoms with E-state index in [1.165, 1.54) is 6.20 Å². The Bertz CT molecular complexity index is 322. The van der Waals surface area contributed by atoms with Crippen molar-refractivity contribution in [2.75, 3.05) is 0 Å². The molecule has 0 aliphatic carbocycles. The number of hydrogen-bond donors (Lipinski definition) is 2. The van der Waals surface area contributed by atoms with Crippen molar-refractivity contribution < 1.29 is 9.90 Å². The first-order chi connectivity index (χ1) is 6.70. The lowest BCUT2D eigenvalue weighted by Crippen LogP contribution is -2.12. The van der Waals surface area contributed by atoms with E-state index in [1.807, 2.05) is 19.1 Å². The van der Waals surface area contributed by atoms with Crippen LogP contribution < -0.4 is 5.32 Å². The van der Waals surface area contributed by atoms with Crippen molar-refractivity contribution in [1.29, 1.82) is 0 Å². The quantitative estimate of drug-likeness (QED) is 0.706. The molecule has 14 heavy (non-hydrogen) atoms. The Labute approximate surface area is 82.3 Å². The van der Waals surface area contributed by atoms with Gasteiger partial charge in [-0.3, -0.25) is 4.98 Å². The zero-order chi connectivity index (χ0) is 10.4. The molecular formula is C10H12N2O2. The second-order valence-corrected chi connectivity index (χ2v) is 2.84. The fraction of sp³-hybridized carbons (Fsp3) is 0.200. The molecule has 4 heteroatoms. The summed E-state index contributed by atoms with van der Waals surface area (Å²) < 4.78 is 0. The number of carboxylic acid groups (broad SMARTS) is 1. The molecule has 2 N–H and O–H groups in total. The number of rotatable bonds is 4. The van der Waals surface area contributed by atoms with Crippen LogP contribution in [0.2, 0.25) is 0 Å². The van der Waals surface area contributed by atoms with E-state index in [9.17, 15) is 4.79 Å². The van der Waals surface area contributed by atoms with Crippen LogP contribution in [0.5, 0.6) is 0 Å². The highest BCUT2D eigenvalue weighted by molar-refractivity contribution is 5.79. The normalized spacial score (nSPS) is 12.6. The van der Waals surface area contributed by atoms with Crippen molar-refractivity contribution in [1.82, 2.24) is 10.3 Å². The minimum absolute atomic E-state index is 0.0774. The first-order valence-electron chi connectivity index (χ1n) is 4.25. The Hall–Kier alpha value is -1.84. The molecule has 1 aromatic rings. The van der Waals surface area contributed by atoms with Gasteiger partial charge in [-0.25, -0.2) is 4.79 Å². The number of hydrogen-bond acceptors (Lipinski definition) is 3. The molecule has 1 aromatic heterocycles. The molecule has 0 unspecified atom stereocenters. The van der Waals surface area contributed by atoms with E-state index in [1.54, 1.807) is 12.4 Å². The first kappa shape index (κ1) is 10.2. The van der Waals surface area contributed by atoms with Gasteiger partial charge >= 0.3 is 5.97 Å². The lowest BCUT2D eigenvalue weighted by atomic mass is 10.1. The molecule has 0 saturated heterocycles. The topological polar surface area (TPSA) is 62.2 Å². The maximum atomic E-state index is 10.2. The molecule has 0 fully saturated rings. The second-order valence-electron chi connectivity index (χ2n) is 2.84. The largest absolute Gasteiger partial charge is 0.478 e. The summed E-state index contributed by atoms with van der Waals surface area (Å²) in [6.45, 7) is 1.95. The average molecular weight is 192 g/mol. The standard InChI is InChI=1S/C10H12N2O2/c1-8(12-7-4-10(13)14)9-2-5-11-6-3-9/h2-8,12H,1H3,(H,13,14)/b7-4+/t8-/m1/s1. The predicted octanol–water partition coefficient (Wildman–Crippen LogP) is 1.33. The summed E-state index contributed by atoms with van der Waals surface area (Å²) in [7, 11) is 0. The summed E-state index contributed by atoms with van der Waals surface area (Å²) in [5.74, 6) is -0.959. The molecular weight excluding hydrogens is 180 g/mol. The third-order valence-corrected chi connectivity index (χ3v) is 1.78. The Kier molecular flexibility index (Phi) is 3.67. The highest BCUT2D eigenvalue weighted by atomic mass is 16.4. The molecule has 0 spiro atoms. The summed E-state index contributed by atoms with van der Waals surface area (Å²) in [4.78, 5) is 14.1. The van der Waals surface area contributed by atoms with Gasteiger partial charge in [0.1, 0.15) is 0 Å². The van der Waals surface area contributed by atoms with Gasteiger partial charge in [0.25, 0.3) is 0 Å². The van der Waals surface area contributed by atoms with Gasteiger partial charge in [-0.2, -0.15) is 0 Å². The number of nitrogens with one attached hydrogen (secondary N) is 1. The monoisotopic (exact) mass is 192 g/mol. The molecule has 0 saturated carbocycles. The molecule has 1 rings (SSSR count). The zero-order valence-electron chi connectivity index (χ0n) is 7.84. The average Bonchev–Trinajstić information content (AvgIpc) is 2.18. The highest BCUT2D eigenvalue weighted by Gasteiger charge is 2.00. The zero-order valence-corrected chi connectivity index (χ0v) is 7.84. The number of nitrogens with zero attached hydrogens (tertiary/aromatic N) is 1. The van der Waals surface area contributed by atoms with Crippen molar-refractivity contribution in [2.45, 2.75) is 13.0 Å². The molecule has 0 radical (unpaired) electrons. The molecule has 0 bridgehead atoms. The maximum absolute atomic E-state index is 10.2. The van der Waals surface area contributed by atoms with Crippen LogP contribution in [0.3, 0.4) is 0 Å². The molecule has 4 nitrogen and oxygen atoms in total. The minimum Gasteiger partial charge on any atom is -0.478 e. The Morgan fingerprint density at radius 2 is 2.21 bits per heavy atom. The van der Waals surface area contributed by atoms with Crippen LogP contribution in [-0.4, -0.2) is 16.1 Å². The highest BCUT2D eigenvalue weighted by Crippen LogP contribution is 2.09. The molecule has 74 valence electrons. The number of aliphatic carboxylic acids is 1. The number of carbonyl (C=O) groups is 1. The van der Waals surface area contributed by atoms with E-state index in [0.29, 0.717) is 0 Å². The van der Waals surface area contributed by atoms with E-state index < -0.39 is 5.97 Å². The fourth-order valence-electron chi connectivity index (χ4n) is 1.01. The van der Waals surface area contributed by atoms with Gasteiger partial charge in [-0.05, 0) is 24.6 Å². The number of aromatic nitrogens is 1. The van der Waals surface area contributed by atoms with Crippen molar-refractivity contribution >= 4 is 5.97 Å². The lowest BCUT2D eigenvalue weighted by Gasteiger charge is -2.10. The summed E-state index contributed by atoms with van der Waals surface area (Å²) in [6.07, 6.45) is 5.90. The molecule has 1 heterocycles. The van der Waals surface area contributed by atoms with Crippen molar-refractivity contribution in [3.8, 4) is 0 Å². The third kappa shape index (κ3) is 3.26. The lowest BCUT2D eigenvalue weighted by molar-refractivity contribution is -0.131. The van der Waals surface area contributed by atoms with Crippen molar-refractivity contribution in [3.63, 3.8) is 0 Å². The van der Waals surface area contributed by atoms with Crippen LogP contribution in [0.1, 0.15) is 18.5 Å². The second kappa shape index (κ2) is 5.01. The summed E-state index contributed by atoms with van der Waals surface area (Å²) in [5.41, 5.74) is 1.06. The number of carboxylic acids is 1. The Morgan fingerprint density at radius 3 is 2.79 bits per heavy atom. The Balaban J connectivity index is 2.51. The van der Waals surface area contributed by atoms with Gasteiger partial charge in [0.15, 0.2) is 0 Å². The Morgan fingerprint density at radius 1 is 1.57 bits per heavy atom. The minimum atomic E-state index is -0.959. The van der Waals surface area contributed by atoms with Gasteiger partial charge in [0.2, 0.25) is 0 Å².